The van der Waals surface area contributed by atoms with E-state index in [0.717, 1.165) is 11.1 Å². The molecule has 0 aliphatic carbocycles. The van der Waals surface area contributed by atoms with E-state index in [4.69, 9.17) is 19.9 Å². The number of aromatic nitrogens is 4. The van der Waals surface area contributed by atoms with Crippen molar-refractivity contribution in [3.63, 3.8) is 0 Å². The predicted molar refractivity (Wildman–Crippen MR) is 152 cm³/mol. The first kappa shape index (κ1) is 27.6. The first-order valence-electron chi connectivity index (χ1n) is 12.4. The molecule has 0 saturated heterocycles. The quantitative estimate of drug-likeness (QED) is 0.252. The molecule has 0 aliphatic rings. The fourth-order valence-corrected chi connectivity index (χ4v) is 4.96. The van der Waals surface area contributed by atoms with Crippen LogP contribution in [0, 0.1) is 12.7 Å². The van der Waals surface area contributed by atoms with Crippen molar-refractivity contribution in [3.05, 3.63) is 65.9 Å². The van der Waals surface area contributed by atoms with E-state index in [2.05, 4.69) is 25.3 Å². The summed E-state index contributed by atoms with van der Waals surface area (Å²) >= 11 is 1.37. The monoisotopic (exact) mass is 576 g/mol. The number of hydrogen-bond donors (Lipinski definition) is 2. The number of hydrogen-bond acceptors (Lipinski definition) is 10. The van der Waals surface area contributed by atoms with Crippen molar-refractivity contribution in [3.8, 4) is 22.2 Å². The van der Waals surface area contributed by atoms with E-state index in [1.54, 1.807) is 26.1 Å². The number of thiazole rings is 1. The van der Waals surface area contributed by atoms with Crippen molar-refractivity contribution in [2.24, 2.45) is 5.73 Å². The lowest BCUT2D eigenvalue weighted by Gasteiger charge is -2.22. The van der Waals surface area contributed by atoms with Crippen molar-refractivity contribution in [1.82, 2.24) is 19.9 Å². The maximum atomic E-state index is 15.0. The molecule has 3 N–H and O–H groups in total. The number of carbonyl (C=O) groups excluding carboxylic acids is 2. The van der Waals surface area contributed by atoms with Gasteiger partial charge in [0.15, 0.2) is 11.6 Å². The van der Waals surface area contributed by atoms with Gasteiger partial charge in [-0.05, 0) is 50.6 Å². The van der Waals surface area contributed by atoms with Crippen LogP contribution in [0.1, 0.15) is 29.9 Å². The maximum absolute atomic E-state index is 15.0. The Bertz CT molecular complexity index is 1780. The van der Waals surface area contributed by atoms with E-state index in [9.17, 15) is 9.59 Å². The van der Waals surface area contributed by atoms with Gasteiger partial charge in [-0.3, -0.25) is 10.1 Å². The average Bonchev–Trinajstić information content (AvgIpc) is 3.34. The van der Waals surface area contributed by atoms with Crippen LogP contribution in [0.25, 0.3) is 31.8 Å². The second-order valence-electron chi connectivity index (χ2n) is 9.22. The predicted octanol–water partition coefficient (Wildman–Crippen LogP) is 5.26. The molecule has 0 spiro atoms. The largest absolute Gasteiger partial charge is 0.484 e. The number of pyridine rings is 1. The number of nitrogens with one attached hydrogen (secondary N) is 1. The van der Waals surface area contributed by atoms with Crippen molar-refractivity contribution in [1.29, 1.82) is 0 Å². The Kier molecular flexibility index (Phi) is 7.62. The zero-order valence-corrected chi connectivity index (χ0v) is 23.3. The molecule has 11 nitrogen and oxygen atoms in total. The first-order valence-corrected chi connectivity index (χ1v) is 13.2. The molecule has 5 rings (SSSR count). The second kappa shape index (κ2) is 11.3. The van der Waals surface area contributed by atoms with Crippen LogP contribution in [0.3, 0.4) is 0 Å². The van der Waals surface area contributed by atoms with E-state index in [0.29, 0.717) is 37.8 Å². The lowest BCUT2D eigenvalue weighted by molar-refractivity contribution is 0.0402. The summed E-state index contributed by atoms with van der Waals surface area (Å²) in [5.41, 5.74) is 9.08. The number of aryl methyl sites for hydroxylation is 1. The van der Waals surface area contributed by atoms with Gasteiger partial charge in [0, 0.05) is 17.7 Å². The number of amides is 2. The van der Waals surface area contributed by atoms with Gasteiger partial charge in [0.25, 0.3) is 5.91 Å². The summed E-state index contributed by atoms with van der Waals surface area (Å²) in [6.45, 7) is 5.23. The number of halogens is 1. The van der Waals surface area contributed by atoms with Crippen LogP contribution in [0.15, 0.2) is 48.8 Å². The molecule has 0 bridgehead atoms. The summed E-state index contributed by atoms with van der Waals surface area (Å²) in [7, 11) is 1.53. The molecule has 0 saturated carbocycles. The van der Waals surface area contributed by atoms with Crippen LogP contribution in [-0.2, 0) is 4.74 Å². The third-order valence-electron chi connectivity index (χ3n) is 6.18. The summed E-state index contributed by atoms with van der Waals surface area (Å²) in [6.07, 6.45) is 0.621. The van der Waals surface area contributed by atoms with Crippen LogP contribution >= 0.6 is 11.3 Å². The van der Waals surface area contributed by atoms with Gasteiger partial charge in [-0.15, -0.1) is 11.3 Å². The third-order valence-corrected chi connectivity index (χ3v) is 7.23. The number of nitrogens with two attached hydrogens (primary N) is 1. The summed E-state index contributed by atoms with van der Waals surface area (Å²) in [4.78, 5) is 40.9. The Balaban J connectivity index is 1.31. The molecule has 2 aromatic carbocycles. The van der Waals surface area contributed by atoms with Crippen molar-refractivity contribution in [2.45, 2.75) is 33.0 Å². The number of fused-ring (bicyclic) bond motifs is 2. The normalized spacial score (nSPS) is 12.6. The minimum absolute atomic E-state index is 0.000858. The van der Waals surface area contributed by atoms with Crippen LogP contribution in [-0.4, -0.2) is 51.3 Å². The maximum Gasteiger partial charge on any atom is 0.412 e. The average molecular weight is 577 g/mol. The lowest BCUT2D eigenvalue weighted by Crippen LogP contribution is -2.32. The van der Waals surface area contributed by atoms with Gasteiger partial charge >= 0.3 is 6.09 Å². The topological polar surface area (TPSA) is 151 Å². The highest BCUT2D eigenvalue weighted by molar-refractivity contribution is 7.21. The number of anilines is 1. The number of ether oxygens (including phenoxy) is 3. The standard InChI is InChI=1S/C28H25FN6O5S/c1-13-7-17(25-21(8-13)34-24(38-4)12-32-25)27-35-20-9-18(29)22(10-23(20)41-27)39-14(2)15(3)40-28(37)33-16-5-6-19(26(30)36)31-11-16/h5-12,14-15H,1-4H3,(H2,30,36)(H,33,37)/t14-,15+/m1/s1. The molecule has 2 amide bonds. The van der Waals surface area contributed by atoms with Crippen molar-refractivity contribution >= 4 is 50.3 Å². The van der Waals surface area contributed by atoms with Gasteiger partial charge in [-0.25, -0.2) is 29.1 Å². The molecule has 3 aromatic heterocycles. The fraction of sp³-hybridized carbons (Fsp3) is 0.214. The van der Waals surface area contributed by atoms with Gasteiger partial charge < -0.3 is 19.9 Å². The number of benzene rings is 2. The number of methoxy groups -OCH3 is 1. The molecule has 13 heteroatoms. The minimum Gasteiger partial charge on any atom is -0.484 e. The van der Waals surface area contributed by atoms with Gasteiger partial charge in [0.1, 0.15) is 22.9 Å². The number of primary amides is 1. The minimum atomic E-state index is -0.768. The smallest absolute Gasteiger partial charge is 0.412 e. The molecular weight excluding hydrogens is 551 g/mol. The van der Waals surface area contributed by atoms with Crippen LogP contribution in [0.2, 0.25) is 0 Å². The number of rotatable bonds is 8. The number of nitrogens with zero attached hydrogens (tertiary/aromatic N) is 4. The van der Waals surface area contributed by atoms with E-state index in [1.165, 1.54) is 42.8 Å². The Morgan fingerprint density at radius 3 is 2.54 bits per heavy atom. The molecule has 3 heterocycles. The van der Waals surface area contributed by atoms with E-state index < -0.39 is 30.0 Å². The Hall–Kier alpha value is -4.91. The molecule has 0 unspecified atom stereocenters. The van der Waals surface area contributed by atoms with Crippen LogP contribution < -0.4 is 20.5 Å². The Morgan fingerprint density at radius 2 is 1.83 bits per heavy atom. The van der Waals surface area contributed by atoms with E-state index in [1.807, 2.05) is 19.1 Å². The molecule has 2 atom stereocenters. The summed E-state index contributed by atoms with van der Waals surface area (Å²) in [5, 5.41) is 3.16. The van der Waals surface area contributed by atoms with E-state index in [-0.39, 0.29) is 11.4 Å². The van der Waals surface area contributed by atoms with Crippen LogP contribution in [0.4, 0.5) is 14.9 Å². The molecular formula is C28H25FN6O5S. The summed E-state index contributed by atoms with van der Waals surface area (Å²) in [6, 6.07) is 9.61. The Labute approximate surface area is 237 Å². The molecule has 5 aromatic rings. The molecule has 0 radical (unpaired) electrons. The van der Waals surface area contributed by atoms with Crippen molar-refractivity contribution < 1.29 is 28.2 Å². The zero-order chi connectivity index (χ0) is 29.3. The highest BCUT2D eigenvalue weighted by atomic mass is 32.1. The SMILES string of the molecule is COc1cnc2c(-c3nc4cc(F)c(O[C@H](C)[C@H](C)OC(=O)Nc5ccc(C(N)=O)nc5)cc4s3)cc(C)cc2n1. The van der Waals surface area contributed by atoms with Crippen LogP contribution in [0.5, 0.6) is 11.6 Å². The van der Waals surface area contributed by atoms with Gasteiger partial charge in [-0.1, -0.05) is 0 Å². The lowest BCUT2D eigenvalue weighted by atomic mass is 10.1. The van der Waals surface area contributed by atoms with Gasteiger partial charge in [0.2, 0.25) is 5.88 Å². The third kappa shape index (κ3) is 5.99. The highest BCUT2D eigenvalue weighted by Gasteiger charge is 2.22. The molecule has 41 heavy (non-hydrogen) atoms. The second-order valence-corrected chi connectivity index (χ2v) is 10.2. The summed E-state index contributed by atoms with van der Waals surface area (Å²) < 4.78 is 32.2. The fourth-order valence-electron chi connectivity index (χ4n) is 3.97. The van der Waals surface area contributed by atoms with Gasteiger partial charge in [0.05, 0.1) is 46.4 Å². The van der Waals surface area contributed by atoms with E-state index >= 15 is 4.39 Å². The zero-order valence-electron chi connectivity index (χ0n) is 22.5. The highest BCUT2D eigenvalue weighted by Crippen LogP contribution is 2.37. The molecule has 210 valence electrons. The molecule has 0 aliphatic heterocycles. The first-order chi connectivity index (χ1) is 19.6. The number of carbonyl (C=O) groups is 2. The molecule has 0 fully saturated rings. The van der Waals surface area contributed by atoms with Gasteiger partial charge in [-0.2, -0.15) is 0 Å². The van der Waals surface area contributed by atoms with Crippen molar-refractivity contribution in [2.75, 3.05) is 12.4 Å². The summed E-state index contributed by atoms with van der Waals surface area (Å²) in [5.74, 6) is -0.876. The Morgan fingerprint density at radius 1 is 1.02 bits per heavy atom.